The second kappa shape index (κ2) is 6.55. The molecule has 1 atom stereocenters. The summed E-state index contributed by atoms with van der Waals surface area (Å²) in [5, 5.41) is 0. The van der Waals surface area contributed by atoms with Gasteiger partial charge in [-0.05, 0) is 30.5 Å². The Hall–Kier alpha value is -1.12. The normalized spacial score (nSPS) is 14.2. The number of hydrogen-bond acceptors (Lipinski definition) is 4. The van der Waals surface area contributed by atoms with E-state index in [2.05, 4.69) is 5.43 Å². The summed E-state index contributed by atoms with van der Waals surface area (Å²) in [5.74, 6) is 5.33. The molecule has 114 valence electrons. The molecular formula is C12H17F3N2O2S. The summed E-state index contributed by atoms with van der Waals surface area (Å²) >= 11 is 0. The number of alkyl halides is 3. The monoisotopic (exact) mass is 310 g/mol. The Morgan fingerprint density at radius 1 is 1.25 bits per heavy atom. The van der Waals surface area contributed by atoms with Gasteiger partial charge in [0.05, 0.1) is 4.90 Å². The zero-order valence-corrected chi connectivity index (χ0v) is 11.8. The topological polar surface area (TPSA) is 72.2 Å². The van der Waals surface area contributed by atoms with Gasteiger partial charge in [-0.3, -0.25) is 11.3 Å². The van der Waals surface area contributed by atoms with Crippen molar-refractivity contribution in [2.24, 2.45) is 5.84 Å². The van der Waals surface area contributed by atoms with Crippen molar-refractivity contribution >= 4 is 9.84 Å². The summed E-state index contributed by atoms with van der Waals surface area (Å²) in [6.07, 6.45) is -3.80. The highest BCUT2D eigenvalue weighted by Crippen LogP contribution is 2.26. The van der Waals surface area contributed by atoms with E-state index < -0.39 is 28.5 Å². The van der Waals surface area contributed by atoms with Gasteiger partial charge in [0.2, 0.25) is 0 Å². The van der Waals surface area contributed by atoms with Crippen LogP contribution in [0.15, 0.2) is 29.2 Å². The van der Waals surface area contributed by atoms with Gasteiger partial charge in [-0.1, -0.05) is 12.1 Å². The first-order valence-corrected chi connectivity index (χ1v) is 7.85. The highest BCUT2D eigenvalue weighted by molar-refractivity contribution is 7.90. The SMILES string of the molecule is CS(=O)(=O)c1ccc(C(CCCC(F)(F)F)NN)cc1. The van der Waals surface area contributed by atoms with E-state index in [1.165, 1.54) is 12.1 Å². The lowest BCUT2D eigenvalue weighted by Gasteiger charge is -2.17. The first-order valence-electron chi connectivity index (χ1n) is 5.96. The van der Waals surface area contributed by atoms with Gasteiger partial charge in [0, 0.05) is 18.7 Å². The zero-order chi connectivity index (χ0) is 15.4. The maximum atomic E-state index is 12.1. The Morgan fingerprint density at radius 2 is 1.80 bits per heavy atom. The van der Waals surface area contributed by atoms with Crippen LogP contribution < -0.4 is 11.3 Å². The molecule has 4 nitrogen and oxygen atoms in total. The van der Waals surface area contributed by atoms with Crippen molar-refractivity contribution in [1.82, 2.24) is 5.43 Å². The molecule has 0 aliphatic carbocycles. The molecule has 0 aliphatic rings. The van der Waals surface area contributed by atoms with E-state index >= 15 is 0 Å². The van der Waals surface area contributed by atoms with Gasteiger partial charge in [-0.2, -0.15) is 13.2 Å². The molecule has 20 heavy (non-hydrogen) atoms. The van der Waals surface area contributed by atoms with Gasteiger partial charge in [0.15, 0.2) is 9.84 Å². The average molecular weight is 310 g/mol. The molecular weight excluding hydrogens is 293 g/mol. The molecule has 1 aromatic carbocycles. The largest absolute Gasteiger partial charge is 0.389 e. The molecule has 0 bridgehead atoms. The van der Waals surface area contributed by atoms with E-state index in [9.17, 15) is 21.6 Å². The maximum Gasteiger partial charge on any atom is 0.389 e. The molecule has 0 aliphatic heterocycles. The number of halogens is 3. The highest BCUT2D eigenvalue weighted by Gasteiger charge is 2.26. The van der Waals surface area contributed by atoms with Gasteiger partial charge in [-0.25, -0.2) is 8.42 Å². The molecule has 0 amide bonds. The summed E-state index contributed by atoms with van der Waals surface area (Å²) in [6, 6.07) is 5.49. The first kappa shape index (κ1) is 16.9. The minimum absolute atomic E-state index is 0.0494. The lowest BCUT2D eigenvalue weighted by Crippen LogP contribution is -2.28. The fraction of sp³-hybridized carbons (Fsp3) is 0.500. The fourth-order valence-corrected chi connectivity index (χ4v) is 2.43. The van der Waals surface area contributed by atoms with E-state index in [0.29, 0.717) is 5.56 Å². The number of hydrazine groups is 1. The van der Waals surface area contributed by atoms with Crippen LogP contribution in [0.2, 0.25) is 0 Å². The molecule has 1 rings (SSSR count). The van der Waals surface area contributed by atoms with Crippen molar-refractivity contribution in [3.05, 3.63) is 29.8 Å². The first-order chi connectivity index (χ1) is 9.13. The van der Waals surface area contributed by atoms with Crippen LogP contribution in [0.4, 0.5) is 13.2 Å². The van der Waals surface area contributed by atoms with Gasteiger partial charge in [0.25, 0.3) is 0 Å². The Balaban J connectivity index is 2.71. The Morgan fingerprint density at radius 3 is 2.20 bits per heavy atom. The third-order valence-corrected chi connectivity index (χ3v) is 3.99. The van der Waals surface area contributed by atoms with Gasteiger partial charge in [0.1, 0.15) is 0 Å². The third-order valence-electron chi connectivity index (χ3n) is 2.86. The van der Waals surface area contributed by atoms with Crippen LogP contribution in [0.1, 0.15) is 30.9 Å². The summed E-state index contributed by atoms with van der Waals surface area (Å²) in [4.78, 5) is 0.160. The third kappa shape index (κ3) is 5.48. The molecule has 0 aromatic heterocycles. The summed E-state index contributed by atoms with van der Waals surface area (Å²) in [5.41, 5.74) is 3.10. The maximum absolute atomic E-state index is 12.1. The Bertz CT molecular complexity index is 527. The number of nitrogens with two attached hydrogens (primary N) is 1. The van der Waals surface area contributed by atoms with Crippen LogP contribution in [-0.2, 0) is 9.84 Å². The Labute approximate surface area is 116 Å². The lowest BCUT2D eigenvalue weighted by molar-refractivity contribution is -0.135. The van der Waals surface area contributed by atoms with Gasteiger partial charge >= 0.3 is 6.18 Å². The number of sulfone groups is 1. The van der Waals surface area contributed by atoms with Crippen LogP contribution in [0.3, 0.4) is 0 Å². The quantitative estimate of drug-likeness (QED) is 0.625. The van der Waals surface area contributed by atoms with E-state index in [1.54, 1.807) is 12.1 Å². The number of benzene rings is 1. The van der Waals surface area contributed by atoms with Gasteiger partial charge in [-0.15, -0.1) is 0 Å². The molecule has 1 unspecified atom stereocenters. The van der Waals surface area contributed by atoms with Crippen molar-refractivity contribution in [2.45, 2.75) is 36.4 Å². The molecule has 8 heteroatoms. The van der Waals surface area contributed by atoms with Crippen molar-refractivity contribution < 1.29 is 21.6 Å². The van der Waals surface area contributed by atoms with E-state index in [4.69, 9.17) is 5.84 Å². The predicted octanol–water partition coefficient (Wildman–Crippen LogP) is 2.33. The minimum Gasteiger partial charge on any atom is -0.271 e. The summed E-state index contributed by atoms with van der Waals surface area (Å²) < 4.78 is 58.8. The molecule has 0 radical (unpaired) electrons. The fourth-order valence-electron chi connectivity index (χ4n) is 1.80. The van der Waals surface area contributed by atoms with E-state index in [-0.39, 0.29) is 17.7 Å². The summed E-state index contributed by atoms with van der Waals surface area (Å²) in [7, 11) is -3.29. The molecule has 0 saturated carbocycles. The smallest absolute Gasteiger partial charge is 0.271 e. The second-order valence-corrected chi connectivity index (χ2v) is 6.58. The second-order valence-electron chi connectivity index (χ2n) is 4.57. The van der Waals surface area contributed by atoms with Crippen LogP contribution in [0.25, 0.3) is 0 Å². The standard InChI is InChI=1S/C12H17F3N2O2S/c1-20(18,19)10-6-4-9(5-7-10)11(17-16)3-2-8-12(13,14)15/h4-7,11,17H,2-3,8,16H2,1H3. The summed E-state index contributed by atoms with van der Waals surface area (Å²) in [6.45, 7) is 0. The number of rotatable bonds is 6. The van der Waals surface area contributed by atoms with Crippen molar-refractivity contribution in [3.8, 4) is 0 Å². The molecule has 0 fully saturated rings. The molecule has 0 spiro atoms. The number of nitrogens with one attached hydrogen (secondary N) is 1. The van der Waals surface area contributed by atoms with Gasteiger partial charge < -0.3 is 0 Å². The minimum atomic E-state index is -4.18. The zero-order valence-electron chi connectivity index (χ0n) is 10.9. The number of hydrogen-bond donors (Lipinski definition) is 2. The highest BCUT2D eigenvalue weighted by atomic mass is 32.2. The Kier molecular flexibility index (Phi) is 5.55. The van der Waals surface area contributed by atoms with E-state index in [1.807, 2.05) is 0 Å². The molecule has 0 saturated heterocycles. The molecule has 1 aromatic rings. The van der Waals surface area contributed by atoms with Crippen molar-refractivity contribution in [2.75, 3.05) is 6.26 Å². The molecule has 3 N–H and O–H groups in total. The van der Waals surface area contributed by atoms with Crippen LogP contribution >= 0.6 is 0 Å². The van der Waals surface area contributed by atoms with E-state index in [0.717, 1.165) is 6.26 Å². The molecule has 0 heterocycles. The van der Waals surface area contributed by atoms with Crippen molar-refractivity contribution in [1.29, 1.82) is 0 Å². The van der Waals surface area contributed by atoms with Crippen LogP contribution in [-0.4, -0.2) is 20.8 Å². The average Bonchev–Trinajstić information content (AvgIpc) is 2.32. The van der Waals surface area contributed by atoms with Crippen LogP contribution in [0.5, 0.6) is 0 Å². The van der Waals surface area contributed by atoms with Crippen LogP contribution in [0, 0.1) is 0 Å². The lowest BCUT2D eigenvalue weighted by atomic mass is 10.0. The van der Waals surface area contributed by atoms with Crippen molar-refractivity contribution in [3.63, 3.8) is 0 Å². The predicted molar refractivity (Wildman–Crippen MR) is 69.5 cm³/mol.